The Morgan fingerprint density at radius 3 is 2.62 bits per heavy atom. The van der Waals surface area contributed by atoms with Crippen molar-refractivity contribution >= 4 is 23.4 Å². The van der Waals surface area contributed by atoms with Crippen LogP contribution in [0.3, 0.4) is 0 Å². The molecule has 0 atom stereocenters. The van der Waals surface area contributed by atoms with Crippen LogP contribution < -0.4 is 0 Å². The smallest absolute Gasteiger partial charge is 0.274 e. The molecule has 3 heterocycles. The minimum atomic E-state index is -0.512. The van der Waals surface area contributed by atoms with Crippen molar-refractivity contribution in [1.29, 1.82) is 0 Å². The van der Waals surface area contributed by atoms with Crippen LogP contribution in [0.25, 0.3) is 0 Å². The molecule has 8 heteroatoms. The number of fused-ring (bicyclic) bond motifs is 3. The van der Waals surface area contributed by atoms with Crippen LogP contribution in [-0.2, 0) is 19.5 Å². The summed E-state index contributed by atoms with van der Waals surface area (Å²) in [7, 11) is 0. The van der Waals surface area contributed by atoms with E-state index in [0.717, 1.165) is 0 Å². The molecular formula is C21H23ClFN3O3. The Morgan fingerprint density at radius 2 is 1.97 bits per heavy atom. The molecule has 4 rings (SSSR count). The minimum absolute atomic E-state index is 0.00214. The number of nitrogens with zero attached hydrogens (tertiary/aromatic N) is 3. The summed E-state index contributed by atoms with van der Waals surface area (Å²) in [5.74, 6) is -1.35. The highest BCUT2D eigenvalue weighted by molar-refractivity contribution is 6.30. The molecule has 2 aliphatic rings. The predicted octanol–water partition coefficient (Wildman–Crippen LogP) is 3.44. The van der Waals surface area contributed by atoms with Gasteiger partial charge >= 0.3 is 0 Å². The third-order valence-corrected chi connectivity index (χ3v) is 6.15. The number of halogens is 2. The van der Waals surface area contributed by atoms with Gasteiger partial charge in [-0.25, -0.2) is 4.39 Å². The number of amides is 2. The highest BCUT2D eigenvalue weighted by Crippen LogP contribution is 2.40. The van der Waals surface area contributed by atoms with Gasteiger partial charge in [0.2, 0.25) is 0 Å². The predicted molar refractivity (Wildman–Crippen MR) is 107 cm³/mol. The maximum atomic E-state index is 13.4. The van der Waals surface area contributed by atoms with Gasteiger partial charge in [0, 0.05) is 38.3 Å². The molecule has 0 aliphatic carbocycles. The first-order valence-electron chi connectivity index (χ1n) is 9.65. The Labute approximate surface area is 173 Å². The van der Waals surface area contributed by atoms with E-state index in [1.807, 2.05) is 25.3 Å². The van der Waals surface area contributed by atoms with E-state index in [1.165, 1.54) is 12.1 Å². The number of aromatic nitrogens is 1. The van der Waals surface area contributed by atoms with E-state index in [2.05, 4.69) is 0 Å². The second-order valence-electron chi connectivity index (χ2n) is 8.19. The van der Waals surface area contributed by atoms with Crippen molar-refractivity contribution in [2.45, 2.75) is 45.8 Å². The quantitative estimate of drug-likeness (QED) is 0.828. The van der Waals surface area contributed by atoms with Gasteiger partial charge in [-0.15, -0.1) is 0 Å². The molecule has 29 heavy (non-hydrogen) atoms. The van der Waals surface area contributed by atoms with Crippen LogP contribution in [0.1, 0.15) is 52.9 Å². The van der Waals surface area contributed by atoms with Gasteiger partial charge in [0.15, 0.2) is 11.4 Å². The Balaban J connectivity index is 1.71. The largest absolute Gasteiger partial charge is 0.505 e. The molecule has 2 amide bonds. The molecule has 154 valence electrons. The number of hydrogen-bond acceptors (Lipinski definition) is 3. The van der Waals surface area contributed by atoms with Crippen LogP contribution in [0.15, 0.2) is 18.2 Å². The standard InChI is InChI=1S/C21H23ClFN3O3/c1-4-26-20(29)17-18(27)16-15(25(17)11-21(26,2)3)7-8-24(19(16)28)10-12-5-6-14(23)13(22)9-12/h5-6,9,27H,4,7-8,10-11H2,1-3H3. The molecule has 6 nitrogen and oxygen atoms in total. The van der Waals surface area contributed by atoms with E-state index >= 15 is 0 Å². The zero-order valence-corrected chi connectivity index (χ0v) is 17.4. The lowest BCUT2D eigenvalue weighted by Crippen LogP contribution is -2.54. The molecule has 0 radical (unpaired) electrons. The van der Waals surface area contributed by atoms with Crippen LogP contribution in [0.5, 0.6) is 5.75 Å². The minimum Gasteiger partial charge on any atom is -0.505 e. The lowest BCUT2D eigenvalue weighted by molar-refractivity contribution is 0.0427. The maximum Gasteiger partial charge on any atom is 0.274 e. The summed E-state index contributed by atoms with van der Waals surface area (Å²) in [6, 6.07) is 4.35. The number of hydrogen-bond donors (Lipinski definition) is 1. The van der Waals surface area contributed by atoms with Gasteiger partial charge in [0.05, 0.1) is 10.6 Å². The highest BCUT2D eigenvalue weighted by Gasteiger charge is 2.44. The third kappa shape index (κ3) is 2.99. The van der Waals surface area contributed by atoms with E-state index in [9.17, 15) is 19.1 Å². The summed E-state index contributed by atoms with van der Waals surface area (Å²) < 4.78 is 15.2. The summed E-state index contributed by atoms with van der Waals surface area (Å²) in [5, 5.41) is 10.8. The molecule has 1 aromatic carbocycles. The van der Waals surface area contributed by atoms with Gasteiger partial charge in [0.1, 0.15) is 11.4 Å². The number of likely N-dealkylation sites (N-methyl/N-ethyl adjacent to an activating group) is 1. The fourth-order valence-corrected chi connectivity index (χ4v) is 4.69. The fraction of sp³-hybridized carbons (Fsp3) is 0.429. The average molecular weight is 420 g/mol. The molecule has 0 unspecified atom stereocenters. The fourth-order valence-electron chi connectivity index (χ4n) is 4.49. The molecule has 0 saturated carbocycles. The second-order valence-corrected chi connectivity index (χ2v) is 8.60. The van der Waals surface area contributed by atoms with E-state index in [1.54, 1.807) is 15.9 Å². The average Bonchev–Trinajstić information content (AvgIpc) is 2.92. The van der Waals surface area contributed by atoms with Gasteiger partial charge < -0.3 is 19.5 Å². The molecule has 1 aromatic heterocycles. The Morgan fingerprint density at radius 1 is 1.24 bits per heavy atom. The molecule has 2 aliphatic heterocycles. The summed E-state index contributed by atoms with van der Waals surface area (Å²) in [4.78, 5) is 29.5. The highest BCUT2D eigenvalue weighted by atomic mass is 35.5. The van der Waals surface area contributed by atoms with Gasteiger partial charge in [-0.3, -0.25) is 9.59 Å². The maximum absolute atomic E-state index is 13.4. The van der Waals surface area contributed by atoms with Crippen molar-refractivity contribution in [2.75, 3.05) is 13.1 Å². The third-order valence-electron chi connectivity index (χ3n) is 5.86. The number of rotatable bonds is 3. The molecule has 0 saturated heterocycles. The normalized spacial score (nSPS) is 18.1. The van der Waals surface area contributed by atoms with Crippen molar-refractivity contribution in [1.82, 2.24) is 14.4 Å². The Bertz CT molecular complexity index is 1030. The Kier molecular flexibility index (Phi) is 4.61. The van der Waals surface area contributed by atoms with Gasteiger partial charge in [-0.1, -0.05) is 17.7 Å². The van der Waals surface area contributed by atoms with Crippen LogP contribution >= 0.6 is 11.6 Å². The van der Waals surface area contributed by atoms with Crippen molar-refractivity contribution in [3.63, 3.8) is 0 Å². The number of benzene rings is 1. The van der Waals surface area contributed by atoms with Gasteiger partial charge in [-0.2, -0.15) is 0 Å². The number of aromatic hydroxyl groups is 1. The molecule has 1 N–H and O–H groups in total. The van der Waals surface area contributed by atoms with Crippen LogP contribution in [0.2, 0.25) is 5.02 Å². The molecule has 0 fully saturated rings. The summed E-state index contributed by atoms with van der Waals surface area (Å²) >= 11 is 5.85. The SMILES string of the molecule is CCN1C(=O)c2c(O)c3c(n2CC1(C)C)CCN(Cc1ccc(F)c(Cl)c1)C3=O. The topological polar surface area (TPSA) is 65.8 Å². The van der Waals surface area contributed by atoms with Crippen molar-refractivity contribution < 1.29 is 19.1 Å². The summed E-state index contributed by atoms with van der Waals surface area (Å²) in [5.41, 5.74) is 1.38. The summed E-state index contributed by atoms with van der Waals surface area (Å²) in [6.07, 6.45) is 0.527. The lowest BCUT2D eigenvalue weighted by Gasteiger charge is -2.43. The first-order valence-corrected chi connectivity index (χ1v) is 10.0. The van der Waals surface area contributed by atoms with E-state index in [0.29, 0.717) is 37.3 Å². The van der Waals surface area contributed by atoms with E-state index in [-0.39, 0.29) is 40.4 Å². The van der Waals surface area contributed by atoms with Gasteiger partial charge in [-0.05, 0) is 38.5 Å². The molecular weight excluding hydrogens is 397 g/mol. The summed E-state index contributed by atoms with van der Waals surface area (Å²) in [6.45, 7) is 7.59. The zero-order chi connectivity index (χ0) is 21.1. The zero-order valence-electron chi connectivity index (χ0n) is 16.6. The molecule has 0 bridgehead atoms. The van der Waals surface area contributed by atoms with E-state index < -0.39 is 11.4 Å². The number of carbonyl (C=O) groups excluding carboxylic acids is 2. The monoisotopic (exact) mass is 419 g/mol. The van der Waals surface area contributed by atoms with Crippen LogP contribution in [0.4, 0.5) is 4.39 Å². The van der Waals surface area contributed by atoms with E-state index in [4.69, 9.17) is 11.6 Å². The van der Waals surface area contributed by atoms with Crippen molar-refractivity contribution in [3.8, 4) is 5.75 Å². The first kappa shape index (κ1) is 19.8. The number of carbonyl (C=O) groups is 2. The van der Waals surface area contributed by atoms with Crippen LogP contribution in [-0.4, -0.2) is 49.9 Å². The van der Waals surface area contributed by atoms with Crippen molar-refractivity contribution in [3.05, 3.63) is 51.6 Å². The second kappa shape index (κ2) is 6.76. The Hall–Kier alpha value is -2.54. The lowest BCUT2D eigenvalue weighted by atomic mass is 9.99. The molecule has 0 spiro atoms. The first-order chi connectivity index (χ1) is 13.7. The van der Waals surface area contributed by atoms with Crippen LogP contribution in [0, 0.1) is 5.82 Å². The molecule has 2 aromatic rings. The van der Waals surface area contributed by atoms with Crippen molar-refractivity contribution in [2.24, 2.45) is 0 Å². The van der Waals surface area contributed by atoms with Gasteiger partial charge in [0.25, 0.3) is 11.8 Å².